The number of ether oxygens (including phenoxy) is 2. The highest BCUT2D eigenvalue weighted by molar-refractivity contribution is 8.13. The lowest BCUT2D eigenvalue weighted by Gasteiger charge is -2.22. The van der Waals surface area contributed by atoms with Crippen LogP contribution in [0.25, 0.3) is 0 Å². The van der Waals surface area contributed by atoms with Crippen LogP contribution in [-0.4, -0.2) is 16.5 Å². The number of alkyl halides is 3. The average molecular weight is 476 g/mol. The van der Waals surface area contributed by atoms with Crippen LogP contribution >= 0.6 is 11.8 Å². The molecule has 1 aromatic heterocycles. The van der Waals surface area contributed by atoms with Crippen molar-refractivity contribution in [3.63, 3.8) is 0 Å². The van der Waals surface area contributed by atoms with E-state index < -0.39 is 12.3 Å². The van der Waals surface area contributed by atoms with Crippen molar-refractivity contribution in [3.05, 3.63) is 84.1 Å². The molecule has 0 aliphatic rings. The van der Waals surface area contributed by atoms with E-state index in [9.17, 15) is 18.0 Å². The molecule has 1 heterocycles. The van der Waals surface area contributed by atoms with Gasteiger partial charge in [0.1, 0.15) is 11.5 Å². The predicted molar refractivity (Wildman–Crippen MR) is 122 cm³/mol. The van der Waals surface area contributed by atoms with E-state index in [1.165, 1.54) is 24.3 Å². The number of halogens is 3. The summed E-state index contributed by atoms with van der Waals surface area (Å²) in [6.07, 6.45) is -4.76. The molecular formula is C25H24F3NO3S. The second-order valence-electron chi connectivity index (χ2n) is 7.73. The SMILES string of the molecule is CC(SC(=O)C(c1ccc(OC(F)(F)F)cc1)C(C)C)c1cccc(Oc2ccccc2)n1. The van der Waals surface area contributed by atoms with Gasteiger partial charge < -0.3 is 9.47 Å². The lowest BCUT2D eigenvalue weighted by Crippen LogP contribution is -2.18. The van der Waals surface area contributed by atoms with E-state index in [0.29, 0.717) is 22.9 Å². The summed E-state index contributed by atoms with van der Waals surface area (Å²) in [5.41, 5.74) is 1.33. The Labute approximate surface area is 195 Å². The largest absolute Gasteiger partial charge is 0.573 e. The first-order chi connectivity index (χ1) is 15.6. The van der Waals surface area contributed by atoms with Crippen molar-refractivity contribution >= 4 is 16.9 Å². The normalized spacial score (nSPS) is 13.4. The van der Waals surface area contributed by atoms with E-state index in [2.05, 4.69) is 9.72 Å². The van der Waals surface area contributed by atoms with Crippen LogP contribution in [0.15, 0.2) is 72.8 Å². The lowest BCUT2D eigenvalue weighted by atomic mass is 9.89. The maximum atomic E-state index is 13.2. The zero-order valence-corrected chi connectivity index (χ0v) is 19.2. The number of para-hydroxylation sites is 1. The summed E-state index contributed by atoms with van der Waals surface area (Å²) in [5, 5.41) is -0.330. The molecule has 0 fully saturated rings. The molecule has 2 aromatic carbocycles. The second kappa shape index (κ2) is 10.7. The fraction of sp³-hybridized carbons (Fsp3) is 0.280. The Balaban J connectivity index is 1.71. The molecule has 0 radical (unpaired) electrons. The molecule has 0 bridgehead atoms. The quantitative estimate of drug-likeness (QED) is 0.337. The molecule has 8 heteroatoms. The molecule has 3 aromatic rings. The Morgan fingerprint density at radius 3 is 2.15 bits per heavy atom. The number of carbonyl (C=O) groups excluding carboxylic acids is 1. The first-order valence-corrected chi connectivity index (χ1v) is 11.3. The van der Waals surface area contributed by atoms with Crippen LogP contribution in [0.4, 0.5) is 13.2 Å². The predicted octanol–water partition coefficient (Wildman–Crippen LogP) is 7.53. The Morgan fingerprint density at radius 2 is 1.55 bits per heavy atom. The lowest BCUT2D eigenvalue weighted by molar-refractivity contribution is -0.274. The van der Waals surface area contributed by atoms with Gasteiger partial charge in [-0.15, -0.1) is 13.2 Å². The summed E-state index contributed by atoms with van der Waals surface area (Å²) in [6.45, 7) is 5.69. The number of hydrogen-bond donors (Lipinski definition) is 0. The number of carbonyl (C=O) groups is 1. The smallest absolute Gasteiger partial charge is 0.439 e. The summed E-state index contributed by atoms with van der Waals surface area (Å²) in [6, 6.07) is 20.1. The van der Waals surface area contributed by atoms with Crippen molar-refractivity contribution in [1.29, 1.82) is 0 Å². The van der Waals surface area contributed by atoms with E-state index >= 15 is 0 Å². The fourth-order valence-electron chi connectivity index (χ4n) is 3.30. The van der Waals surface area contributed by atoms with Crippen LogP contribution in [-0.2, 0) is 4.79 Å². The monoisotopic (exact) mass is 475 g/mol. The summed E-state index contributed by atoms with van der Waals surface area (Å²) < 4.78 is 47.0. The van der Waals surface area contributed by atoms with Crippen molar-refractivity contribution in [3.8, 4) is 17.4 Å². The van der Waals surface area contributed by atoms with Gasteiger partial charge in [-0.3, -0.25) is 4.79 Å². The van der Waals surface area contributed by atoms with Gasteiger partial charge in [-0.05, 0) is 48.7 Å². The molecule has 4 nitrogen and oxygen atoms in total. The number of pyridine rings is 1. The van der Waals surface area contributed by atoms with Gasteiger partial charge in [0.05, 0.1) is 16.9 Å². The minimum atomic E-state index is -4.76. The van der Waals surface area contributed by atoms with Crippen LogP contribution in [0.1, 0.15) is 43.2 Å². The van der Waals surface area contributed by atoms with E-state index in [1.807, 2.05) is 63.2 Å². The maximum absolute atomic E-state index is 13.2. The van der Waals surface area contributed by atoms with Crippen molar-refractivity contribution in [2.24, 2.45) is 5.92 Å². The maximum Gasteiger partial charge on any atom is 0.573 e. The van der Waals surface area contributed by atoms with Crippen LogP contribution < -0.4 is 9.47 Å². The van der Waals surface area contributed by atoms with Crippen LogP contribution in [0.3, 0.4) is 0 Å². The van der Waals surface area contributed by atoms with Gasteiger partial charge >= 0.3 is 6.36 Å². The Hall–Kier alpha value is -3.00. The third-order valence-electron chi connectivity index (χ3n) is 4.81. The van der Waals surface area contributed by atoms with Crippen LogP contribution in [0, 0.1) is 5.92 Å². The van der Waals surface area contributed by atoms with E-state index in [0.717, 1.165) is 11.8 Å². The zero-order valence-electron chi connectivity index (χ0n) is 18.4. The molecule has 0 spiro atoms. The van der Waals surface area contributed by atoms with Gasteiger partial charge in [-0.1, -0.05) is 62.0 Å². The Kier molecular flexibility index (Phi) is 8.02. The van der Waals surface area contributed by atoms with Gasteiger partial charge in [0.15, 0.2) is 5.12 Å². The first kappa shape index (κ1) is 24.6. The van der Waals surface area contributed by atoms with Gasteiger partial charge in [0, 0.05) is 6.07 Å². The van der Waals surface area contributed by atoms with Crippen LogP contribution in [0.2, 0.25) is 0 Å². The van der Waals surface area contributed by atoms with Crippen molar-refractivity contribution in [2.75, 3.05) is 0 Å². The molecule has 3 rings (SSSR count). The summed E-state index contributed by atoms with van der Waals surface area (Å²) in [4.78, 5) is 17.7. The first-order valence-electron chi connectivity index (χ1n) is 10.4. The minimum absolute atomic E-state index is 0.0488. The summed E-state index contributed by atoms with van der Waals surface area (Å²) in [7, 11) is 0. The molecule has 0 saturated carbocycles. The van der Waals surface area contributed by atoms with Crippen molar-refractivity contribution in [2.45, 2.75) is 38.3 Å². The molecule has 0 aliphatic heterocycles. The number of thioether (sulfide) groups is 1. The Bertz CT molecular complexity index is 1060. The topological polar surface area (TPSA) is 48.4 Å². The molecule has 0 N–H and O–H groups in total. The molecule has 174 valence electrons. The number of benzene rings is 2. The molecule has 33 heavy (non-hydrogen) atoms. The third-order valence-corrected chi connectivity index (χ3v) is 5.89. The molecule has 0 aliphatic carbocycles. The van der Waals surface area contributed by atoms with E-state index in [4.69, 9.17) is 4.74 Å². The van der Waals surface area contributed by atoms with Gasteiger partial charge in [0.25, 0.3) is 0 Å². The molecule has 0 amide bonds. The van der Waals surface area contributed by atoms with Gasteiger partial charge in [-0.2, -0.15) is 0 Å². The Morgan fingerprint density at radius 1 is 0.879 bits per heavy atom. The highest BCUT2D eigenvalue weighted by Gasteiger charge is 2.32. The molecular weight excluding hydrogens is 451 g/mol. The van der Waals surface area contributed by atoms with Crippen LogP contribution in [0.5, 0.6) is 17.4 Å². The van der Waals surface area contributed by atoms with Crippen molar-refractivity contribution < 1.29 is 27.4 Å². The number of aromatic nitrogens is 1. The average Bonchev–Trinajstić information content (AvgIpc) is 2.75. The number of rotatable bonds is 8. The fourth-order valence-corrected chi connectivity index (χ4v) is 4.46. The van der Waals surface area contributed by atoms with E-state index in [-0.39, 0.29) is 22.0 Å². The summed E-state index contributed by atoms with van der Waals surface area (Å²) >= 11 is 1.14. The van der Waals surface area contributed by atoms with E-state index in [1.54, 1.807) is 6.07 Å². The second-order valence-corrected chi connectivity index (χ2v) is 9.08. The zero-order chi connectivity index (χ0) is 24.0. The highest BCUT2D eigenvalue weighted by Crippen LogP contribution is 2.37. The van der Waals surface area contributed by atoms with Crippen molar-refractivity contribution in [1.82, 2.24) is 4.98 Å². The molecule has 0 saturated heterocycles. The molecule has 2 unspecified atom stereocenters. The highest BCUT2D eigenvalue weighted by atomic mass is 32.2. The summed E-state index contributed by atoms with van der Waals surface area (Å²) in [5.74, 6) is 0.241. The number of hydrogen-bond acceptors (Lipinski definition) is 5. The number of nitrogens with zero attached hydrogens (tertiary/aromatic N) is 1. The standard InChI is InChI=1S/C25H24F3NO3S/c1-16(2)23(18-12-14-20(15-13-18)32-25(26,27)28)24(30)33-17(3)21-10-7-11-22(29-21)31-19-8-5-4-6-9-19/h4-17,23H,1-3H3. The molecule has 2 atom stereocenters. The van der Waals surface area contributed by atoms with Gasteiger partial charge in [0.2, 0.25) is 5.88 Å². The van der Waals surface area contributed by atoms with Gasteiger partial charge in [-0.25, -0.2) is 4.98 Å². The minimum Gasteiger partial charge on any atom is -0.439 e. The third kappa shape index (κ3) is 7.25.